The van der Waals surface area contributed by atoms with Crippen LogP contribution in [0.15, 0.2) is 67.1 Å². The van der Waals surface area contributed by atoms with Crippen molar-refractivity contribution in [1.29, 1.82) is 0 Å². The van der Waals surface area contributed by atoms with E-state index in [0.29, 0.717) is 16.4 Å². The van der Waals surface area contributed by atoms with Gasteiger partial charge in [0.15, 0.2) is 5.65 Å². The van der Waals surface area contributed by atoms with E-state index in [1.165, 1.54) is 17.0 Å². The summed E-state index contributed by atoms with van der Waals surface area (Å²) in [7, 11) is 1.62. The Balaban J connectivity index is 1.72. The number of hydrogen-bond donors (Lipinski definition) is 0. The average Bonchev–Trinajstić information content (AvgIpc) is 3.11. The van der Waals surface area contributed by atoms with Crippen LogP contribution in [0.4, 0.5) is 10.1 Å². The Hall–Kier alpha value is -3.25. The summed E-state index contributed by atoms with van der Waals surface area (Å²) in [4.78, 5) is 22.8. The highest BCUT2D eigenvalue weighted by atomic mass is 35.5. The topological polar surface area (TPSA) is 50.5 Å². The molecule has 0 aliphatic carbocycles. The first-order valence-corrected chi connectivity index (χ1v) is 8.53. The molecule has 134 valence electrons. The van der Waals surface area contributed by atoms with Gasteiger partial charge in [-0.3, -0.25) is 9.20 Å². The van der Waals surface area contributed by atoms with Crippen LogP contribution < -0.4 is 4.90 Å². The maximum atomic E-state index is 13.1. The minimum atomic E-state index is -0.356. The number of imidazole rings is 1. The van der Waals surface area contributed by atoms with E-state index in [2.05, 4.69) is 9.97 Å². The first-order chi connectivity index (χ1) is 13.0. The van der Waals surface area contributed by atoms with Crippen molar-refractivity contribution in [3.05, 3.63) is 83.7 Å². The number of fused-ring (bicyclic) bond motifs is 1. The van der Waals surface area contributed by atoms with E-state index in [4.69, 9.17) is 11.6 Å². The van der Waals surface area contributed by atoms with Gasteiger partial charge in [-0.25, -0.2) is 14.4 Å². The van der Waals surface area contributed by atoms with Gasteiger partial charge in [-0.15, -0.1) is 0 Å². The summed E-state index contributed by atoms with van der Waals surface area (Å²) in [6, 6.07) is 13.1. The molecule has 0 saturated heterocycles. The van der Waals surface area contributed by atoms with Gasteiger partial charge in [0, 0.05) is 29.5 Å². The van der Waals surface area contributed by atoms with Crippen molar-refractivity contribution in [3.8, 4) is 11.3 Å². The predicted molar refractivity (Wildman–Crippen MR) is 103 cm³/mol. The molecular weight excluding hydrogens is 367 g/mol. The molecule has 0 aliphatic rings. The van der Waals surface area contributed by atoms with E-state index >= 15 is 0 Å². The lowest BCUT2D eigenvalue weighted by molar-refractivity contribution is 0.0988. The summed E-state index contributed by atoms with van der Waals surface area (Å²) in [5.41, 5.74) is 3.20. The lowest BCUT2D eigenvalue weighted by Crippen LogP contribution is -2.27. The average molecular weight is 381 g/mol. The Labute approximate surface area is 159 Å². The number of hydrogen-bond acceptors (Lipinski definition) is 3. The second-order valence-electron chi connectivity index (χ2n) is 5.99. The molecule has 4 aromatic rings. The van der Waals surface area contributed by atoms with Crippen molar-refractivity contribution in [3.63, 3.8) is 0 Å². The quantitative estimate of drug-likeness (QED) is 0.527. The van der Waals surface area contributed by atoms with E-state index in [-0.39, 0.29) is 17.4 Å². The molecule has 0 unspecified atom stereocenters. The third kappa shape index (κ3) is 3.27. The molecule has 0 atom stereocenters. The van der Waals surface area contributed by atoms with Crippen LogP contribution in [-0.4, -0.2) is 27.3 Å². The number of aromatic nitrogens is 3. The van der Waals surface area contributed by atoms with Crippen molar-refractivity contribution in [2.45, 2.75) is 0 Å². The summed E-state index contributed by atoms with van der Waals surface area (Å²) in [5.74, 6) is -0.663. The molecule has 1 amide bonds. The van der Waals surface area contributed by atoms with Gasteiger partial charge in [-0.2, -0.15) is 0 Å². The third-order valence-corrected chi connectivity index (χ3v) is 4.53. The van der Waals surface area contributed by atoms with Crippen LogP contribution in [0.2, 0.25) is 5.02 Å². The van der Waals surface area contributed by atoms with E-state index < -0.39 is 0 Å². The Kier molecular flexibility index (Phi) is 4.33. The Morgan fingerprint density at radius 2 is 1.74 bits per heavy atom. The molecule has 27 heavy (non-hydrogen) atoms. The molecule has 2 aromatic heterocycles. The second-order valence-corrected chi connectivity index (χ2v) is 6.43. The molecule has 2 aromatic carbocycles. The van der Waals surface area contributed by atoms with Gasteiger partial charge < -0.3 is 4.90 Å². The van der Waals surface area contributed by atoms with Gasteiger partial charge in [0.05, 0.1) is 18.1 Å². The largest absolute Gasteiger partial charge is 0.310 e. The SMILES string of the molecule is CN(C(=O)c1cn2c(-c3ccc(Cl)cc3)cnc2cn1)c1ccc(F)cc1. The van der Waals surface area contributed by atoms with Crippen molar-refractivity contribution in [2.75, 3.05) is 11.9 Å². The third-order valence-electron chi connectivity index (χ3n) is 4.27. The van der Waals surface area contributed by atoms with Gasteiger partial charge in [-0.1, -0.05) is 23.7 Å². The molecule has 2 heterocycles. The lowest BCUT2D eigenvalue weighted by Gasteiger charge is -2.17. The fourth-order valence-corrected chi connectivity index (χ4v) is 2.91. The number of benzene rings is 2. The highest BCUT2D eigenvalue weighted by Crippen LogP contribution is 2.23. The maximum Gasteiger partial charge on any atom is 0.278 e. The van der Waals surface area contributed by atoms with E-state index in [1.807, 2.05) is 16.5 Å². The number of halogens is 2. The van der Waals surface area contributed by atoms with Crippen LogP contribution in [-0.2, 0) is 0 Å². The molecule has 0 fully saturated rings. The maximum absolute atomic E-state index is 13.1. The second kappa shape index (κ2) is 6.81. The number of rotatable bonds is 3. The van der Waals surface area contributed by atoms with Gasteiger partial charge in [0.25, 0.3) is 5.91 Å². The molecule has 0 spiro atoms. The molecule has 0 aliphatic heterocycles. The molecule has 7 heteroatoms. The van der Waals surface area contributed by atoms with Crippen LogP contribution >= 0.6 is 11.6 Å². The van der Waals surface area contributed by atoms with Crippen molar-refractivity contribution in [1.82, 2.24) is 14.4 Å². The summed E-state index contributed by atoms with van der Waals surface area (Å²) in [6.45, 7) is 0. The lowest BCUT2D eigenvalue weighted by atomic mass is 10.2. The minimum absolute atomic E-state index is 0.252. The van der Waals surface area contributed by atoms with E-state index in [0.717, 1.165) is 11.3 Å². The fraction of sp³-hybridized carbons (Fsp3) is 0.0500. The molecule has 0 saturated carbocycles. The molecule has 0 radical (unpaired) electrons. The zero-order valence-electron chi connectivity index (χ0n) is 14.3. The van der Waals surface area contributed by atoms with Crippen LogP contribution in [0.25, 0.3) is 16.9 Å². The summed E-state index contributed by atoms with van der Waals surface area (Å²) >= 11 is 5.95. The van der Waals surface area contributed by atoms with Crippen LogP contribution in [0.1, 0.15) is 10.5 Å². The van der Waals surface area contributed by atoms with Gasteiger partial charge in [-0.05, 0) is 36.4 Å². The first-order valence-electron chi connectivity index (χ1n) is 8.15. The highest BCUT2D eigenvalue weighted by Gasteiger charge is 2.17. The fourth-order valence-electron chi connectivity index (χ4n) is 2.79. The summed E-state index contributed by atoms with van der Waals surface area (Å²) in [6.07, 6.45) is 4.91. The van der Waals surface area contributed by atoms with Gasteiger partial charge in [0.1, 0.15) is 11.5 Å². The zero-order valence-corrected chi connectivity index (χ0v) is 15.1. The van der Waals surface area contributed by atoms with Crippen molar-refractivity contribution >= 4 is 28.8 Å². The molecule has 0 N–H and O–H groups in total. The number of carbonyl (C=O) groups is 1. The van der Waals surface area contributed by atoms with Crippen molar-refractivity contribution in [2.24, 2.45) is 0 Å². The molecule has 0 bridgehead atoms. The summed E-state index contributed by atoms with van der Waals surface area (Å²) < 4.78 is 14.9. The zero-order chi connectivity index (χ0) is 19.0. The molecule has 5 nitrogen and oxygen atoms in total. The van der Waals surface area contributed by atoms with Crippen LogP contribution in [0.3, 0.4) is 0 Å². The van der Waals surface area contributed by atoms with E-state index in [9.17, 15) is 9.18 Å². The summed E-state index contributed by atoms with van der Waals surface area (Å²) in [5, 5.41) is 0.644. The first kappa shape index (κ1) is 17.2. The van der Waals surface area contributed by atoms with Gasteiger partial charge in [0.2, 0.25) is 0 Å². The normalized spacial score (nSPS) is 10.9. The standard InChI is InChI=1S/C20H14ClFN4O/c1-25(16-8-6-15(22)7-9-16)20(27)17-12-26-18(10-24-19(26)11-23-17)13-2-4-14(21)5-3-13/h2-12H,1H3. The number of amides is 1. The highest BCUT2D eigenvalue weighted by molar-refractivity contribution is 6.30. The predicted octanol–water partition coefficient (Wildman–Crippen LogP) is 4.47. The molecule has 4 rings (SSSR count). The number of nitrogens with zero attached hydrogens (tertiary/aromatic N) is 4. The minimum Gasteiger partial charge on any atom is -0.310 e. The smallest absolute Gasteiger partial charge is 0.278 e. The molecular formula is C20H14ClFN4O. The Morgan fingerprint density at radius 3 is 2.44 bits per heavy atom. The van der Waals surface area contributed by atoms with Crippen LogP contribution in [0.5, 0.6) is 0 Å². The monoisotopic (exact) mass is 380 g/mol. The Bertz CT molecular complexity index is 1120. The number of anilines is 1. The van der Waals surface area contributed by atoms with E-state index in [1.54, 1.807) is 49.9 Å². The number of carbonyl (C=O) groups excluding carboxylic acids is 1. The Morgan fingerprint density at radius 1 is 1.04 bits per heavy atom. The van der Waals surface area contributed by atoms with Crippen LogP contribution in [0, 0.1) is 5.82 Å². The van der Waals surface area contributed by atoms with Crippen molar-refractivity contribution < 1.29 is 9.18 Å². The van der Waals surface area contributed by atoms with Gasteiger partial charge >= 0.3 is 0 Å².